The summed E-state index contributed by atoms with van der Waals surface area (Å²) in [5, 5.41) is 19.9. The molecule has 1 atom stereocenters. The van der Waals surface area contributed by atoms with Gasteiger partial charge in [0, 0.05) is 5.02 Å². The number of nitrogens with zero attached hydrogens (tertiary/aromatic N) is 4. The van der Waals surface area contributed by atoms with Crippen molar-refractivity contribution in [2.24, 2.45) is 5.10 Å². The lowest BCUT2D eigenvalue weighted by Gasteiger charge is -2.12. The highest BCUT2D eigenvalue weighted by Crippen LogP contribution is 2.24. The number of hydrazone groups is 1. The average molecular weight is 484 g/mol. The molecule has 0 spiro atoms. The van der Waals surface area contributed by atoms with Crippen LogP contribution >= 0.6 is 11.6 Å². The summed E-state index contributed by atoms with van der Waals surface area (Å²) in [6.07, 6.45) is 0. The molecule has 0 saturated heterocycles. The third kappa shape index (κ3) is 5.46. The highest BCUT2D eigenvalue weighted by molar-refractivity contribution is 6.30. The molecule has 0 fully saturated rings. The predicted molar refractivity (Wildman–Crippen MR) is 126 cm³/mol. The van der Waals surface area contributed by atoms with Crippen LogP contribution in [0.25, 0.3) is 0 Å². The minimum absolute atomic E-state index is 0.115. The van der Waals surface area contributed by atoms with Crippen LogP contribution in [0, 0.1) is 24.0 Å². The van der Waals surface area contributed by atoms with Crippen LogP contribution in [-0.4, -0.2) is 32.3 Å². The zero-order valence-electron chi connectivity index (χ0n) is 18.9. The summed E-state index contributed by atoms with van der Waals surface area (Å²) in [6.45, 7) is 6.34. The van der Waals surface area contributed by atoms with E-state index in [1.54, 1.807) is 62.4 Å². The van der Waals surface area contributed by atoms with Crippen LogP contribution in [0.5, 0.6) is 5.75 Å². The Morgan fingerprint density at radius 3 is 2.26 bits per heavy atom. The number of hydrogen-bond acceptors (Lipinski definition) is 7. The normalized spacial score (nSPS) is 12.2. The van der Waals surface area contributed by atoms with Crippen molar-refractivity contribution in [1.29, 1.82) is 0 Å². The van der Waals surface area contributed by atoms with E-state index in [0.29, 0.717) is 27.6 Å². The summed E-state index contributed by atoms with van der Waals surface area (Å²) in [6, 6.07) is 12.2. The number of benzene rings is 2. The molecule has 1 N–H and O–H groups in total. The van der Waals surface area contributed by atoms with Crippen LogP contribution in [0.2, 0.25) is 5.02 Å². The summed E-state index contributed by atoms with van der Waals surface area (Å²) >= 11 is 5.82. The molecule has 3 aromatic rings. The SMILES string of the molecule is CC(=NNC(=O)C(C)n1nc(C)c([N+](=O)[O-])c1C)c1ccc(OC(=O)c2ccc(Cl)cc2)cc1. The van der Waals surface area contributed by atoms with Gasteiger partial charge in [0.25, 0.3) is 5.91 Å². The molecular weight excluding hydrogens is 462 g/mol. The Morgan fingerprint density at radius 2 is 1.71 bits per heavy atom. The molecule has 1 heterocycles. The van der Waals surface area contributed by atoms with E-state index in [0.717, 1.165) is 0 Å². The maximum absolute atomic E-state index is 12.5. The van der Waals surface area contributed by atoms with Gasteiger partial charge >= 0.3 is 11.7 Å². The molecular formula is C23H22ClN5O5. The number of halogens is 1. The van der Waals surface area contributed by atoms with Crippen molar-refractivity contribution in [2.45, 2.75) is 33.7 Å². The predicted octanol–water partition coefficient (Wildman–Crippen LogP) is 4.38. The van der Waals surface area contributed by atoms with Crippen molar-refractivity contribution in [1.82, 2.24) is 15.2 Å². The maximum atomic E-state index is 12.5. The number of carbonyl (C=O) groups excluding carboxylic acids is 2. The molecule has 0 bridgehead atoms. The molecule has 0 aliphatic carbocycles. The molecule has 10 nitrogen and oxygen atoms in total. The first-order chi connectivity index (χ1) is 16.1. The molecule has 0 saturated carbocycles. The fourth-order valence-corrected chi connectivity index (χ4v) is 3.35. The summed E-state index contributed by atoms with van der Waals surface area (Å²) in [4.78, 5) is 35.4. The van der Waals surface area contributed by atoms with Gasteiger partial charge in [0.2, 0.25) is 0 Å². The molecule has 0 radical (unpaired) electrons. The number of rotatable bonds is 7. The largest absolute Gasteiger partial charge is 0.423 e. The zero-order valence-corrected chi connectivity index (χ0v) is 19.7. The first kappa shape index (κ1) is 24.6. The number of nitro groups is 1. The van der Waals surface area contributed by atoms with Crippen LogP contribution in [0.3, 0.4) is 0 Å². The fourth-order valence-electron chi connectivity index (χ4n) is 3.22. The lowest BCUT2D eigenvalue weighted by atomic mass is 10.1. The van der Waals surface area contributed by atoms with E-state index in [2.05, 4.69) is 15.6 Å². The highest BCUT2D eigenvalue weighted by Gasteiger charge is 2.27. The molecule has 1 amide bonds. The minimum atomic E-state index is -0.807. The van der Waals surface area contributed by atoms with Gasteiger partial charge in [-0.1, -0.05) is 11.6 Å². The maximum Gasteiger partial charge on any atom is 0.343 e. The number of hydrogen-bond donors (Lipinski definition) is 1. The van der Waals surface area contributed by atoms with Gasteiger partial charge in [-0.3, -0.25) is 19.6 Å². The van der Waals surface area contributed by atoms with Crippen molar-refractivity contribution in [2.75, 3.05) is 0 Å². The van der Waals surface area contributed by atoms with Gasteiger partial charge in [-0.25, -0.2) is 10.2 Å². The second-order valence-electron chi connectivity index (χ2n) is 7.49. The Morgan fingerprint density at radius 1 is 1.12 bits per heavy atom. The summed E-state index contributed by atoms with van der Waals surface area (Å²) in [5.41, 5.74) is 4.44. The molecule has 3 rings (SSSR count). The highest BCUT2D eigenvalue weighted by atomic mass is 35.5. The monoisotopic (exact) mass is 483 g/mol. The second-order valence-corrected chi connectivity index (χ2v) is 7.93. The van der Waals surface area contributed by atoms with Crippen molar-refractivity contribution < 1.29 is 19.2 Å². The van der Waals surface area contributed by atoms with E-state index in [-0.39, 0.29) is 17.1 Å². The van der Waals surface area contributed by atoms with Crippen LogP contribution < -0.4 is 10.2 Å². The van der Waals surface area contributed by atoms with Gasteiger partial charge in [0.15, 0.2) is 0 Å². The zero-order chi connectivity index (χ0) is 25.0. The van der Waals surface area contributed by atoms with Gasteiger partial charge < -0.3 is 4.74 Å². The van der Waals surface area contributed by atoms with Gasteiger partial charge in [0.05, 0.1) is 16.2 Å². The lowest BCUT2D eigenvalue weighted by Crippen LogP contribution is -2.29. The van der Waals surface area contributed by atoms with Crippen molar-refractivity contribution >= 4 is 34.9 Å². The Balaban J connectivity index is 1.64. The van der Waals surface area contributed by atoms with Crippen molar-refractivity contribution in [3.05, 3.63) is 86.2 Å². The van der Waals surface area contributed by atoms with E-state index in [4.69, 9.17) is 16.3 Å². The Bertz CT molecular complexity index is 1270. The summed E-state index contributed by atoms with van der Waals surface area (Å²) in [5.74, 6) is -0.644. The van der Waals surface area contributed by atoms with E-state index in [1.807, 2.05) is 0 Å². The van der Waals surface area contributed by atoms with Gasteiger partial charge in [0.1, 0.15) is 23.2 Å². The minimum Gasteiger partial charge on any atom is -0.423 e. The van der Waals surface area contributed by atoms with E-state index in [9.17, 15) is 19.7 Å². The van der Waals surface area contributed by atoms with Gasteiger partial charge in [-0.05, 0) is 81.8 Å². The standard InChI is InChI=1S/C23H22ClN5O5/c1-13(25-26-22(30)16(4)28-15(3)21(29(32)33)14(2)27-28)17-7-11-20(12-8-17)34-23(31)18-5-9-19(24)10-6-18/h5-12,16H,1-4H3,(H,26,30). The number of aromatic nitrogens is 2. The van der Waals surface area contributed by atoms with Crippen LogP contribution in [0.15, 0.2) is 53.6 Å². The molecule has 11 heteroatoms. The topological polar surface area (TPSA) is 129 Å². The number of ether oxygens (including phenoxy) is 1. The van der Waals surface area contributed by atoms with Gasteiger partial charge in [-0.2, -0.15) is 10.2 Å². The third-order valence-electron chi connectivity index (χ3n) is 5.11. The Labute approximate surface area is 200 Å². The van der Waals surface area contributed by atoms with Gasteiger partial charge in [-0.15, -0.1) is 0 Å². The first-order valence-corrected chi connectivity index (χ1v) is 10.6. The summed E-state index contributed by atoms with van der Waals surface area (Å²) in [7, 11) is 0. The van der Waals surface area contributed by atoms with Crippen LogP contribution in [0.1, 0.15) is 47.2 Å². The molecule has 2 aromatic carbocycles. The smallest absolute Gasteiger partial charge is 0.343 e. The molecule has 1 unspecified atom stereocenters. The number of nitrogens with one attached hydrogen (secondary N) is 1. The second kappa shape index (κ2) is 10.3. The van der Waals surface area contributed by atoms with E-state index in [1.165, 1.54) is 18.5 Å². The molecule has 34 heavy (non-hydrogen) atoms. The number of aryl methyl sites for hydroxylation is 1. The Hall–Kier alpha value is -4.05. The third-order valence-corrected chi connectivity index (χ3v) is 5.36. The van der Waals surface area contributed by atoms with E-state index < -0.39 is 22.8 Å². The Kier molecular flexibility index (Phi) is 7.42. The number of carbonyl (C=O) groups is 2. The quantitative estimate of drug-likeness (QED) is 0.174. The first-order valence-electron chi connectivity index (χ1n) is 10.2. The summed E-state index contributed by atoms with van der Waals surface area (Å²) < 4.78 is 6.65. The lowest BCUT2D eigenvalue weighted by molar-refractivity contribution is -0.386. The van der Waals surface area contributed by atoms with Crippen molar-refractivity contribution in [3.63, 3.8) is 0 Å². The number of amides is 1. The molecule has 1 aromatic heterocycles. The number of esters is 1. The fraction of sp³-hybridized carbons (Fsp3) is 0.217. The van der Waals surface area contributed by atoms with Crippen LogP contribution in [-0.2, 0) is 4.79 Å². The molecule has 0 aliphatic heterocycles. The average Bonchev–Trinajstić information content (AvgIpc) is 3.11. The molecule has 0 aliphatic rings. The van der Waals surface area contributed by atoms with Crippen molar-refractivity contribution in [3.8, 4) is 5.75 Å². The van der Waals surface area contributed by atoms with Crippen LogP contribution in [0.4, 0.5) is 5.69 Å². The van der Waals surface area contributed by atoms with E-state index >= 15 is 0 Å². The molecule has 176 valence electrons.